The molecular weight excluding hydrogens is 320 g/mol. The van der Waals surface area contributed by atoms with Crippen molar-refractivity contribution < 1.29 is 19.1 Å². The van der Waals surface area contributed by atoms with Crippen molar-refractivity contribution in [3.8, 4) is 0 Å². The minimum absolute atomic E-state index is 0.219. The molecule has 0 bridgehead atoms. The van der Waals surface area contributed by atoms with Gasteiger partial charge in [0.05, 0.1) is 18.4 Å². The van der Waals surface area contributed by atoms with E-state index in [1.807, 2.05) is 31.2 Å². The number of hydrogen-bond donors (Lipinski definition) is 1. The predicted octanol–water partition coefficient (Wildman–Crippen LogP) is 1.58. The second-order valence-corrected chi connectivity index (χ2v) is 6.88. The molecular formula is C19H24N2O4. The summed E-state index contributed by atoms with van der Waals surface area (Å²) in [5.41, 5.74) is 0.788. The lowest BCUT2D eigenvalue weighted by Crippen LogP contribution is -2.54. The Morgan fingerprint density at radius 2 is 1.84 bits per heavy atom. The molecule has 3 rings (SSSR count). The second-order valence-electron chi connectivity index (χ2n) is 6.88. The quantitative estimate of drug-likeness (QED) is 0.663. The Labute approximate surface area is 147 Å². The highest BCUT2D eigenvalue weighted by Gasteiger charge is 2.66. The average Bonchev–Trinajstić information content (AvgIpc) is 3.03. The first kappa shape index (κ1) is 17.6. The van der Waals surface area contributed by atoms with Gasteiger partial charge < -0.3 is 4.74 Å². The van der Waals surface area contributed by atoms with Crippen LogP contribution in [0.3, 0.4) is 0 Å². The molecule has 0 aromatic heterocycles. The molecule has 2 aliphatic rings. The molecule has 1 aromatic rings. The highest BCUT2D eigenvalue weighted by Crippen LogP contribution is 2.48. The van der Waals surface area contributed by atoms with Crippen LogP contribution in [0.5, 0.6) is 0 Å². The molecule has 2 heterocycles. The smallest absolute Gasteiger partial charge is 0.326 e. The van der Waals surface area contributed by atoms with E-state index in [0.717, 1.165) is 11.1 Å². The van der Waals surface area contributed by atoms with E-state index in [-0.39, 0.29) is 18.4 Å². The van der Waals surface area contributed by atoms with E-state index in [1.165, 1.54) is 4.90 Å². The number of hydrogen-bond acceptors (Lipinski definition) is 5. The van der Waals surface area contributed by atoms with E-state index in [4.69, 9.17) is 4.74 Å². The molecule has 0 saturated carbocycles. The molecule has 4 unspecified atom stereocenters. The number of esters is 1. The number of ether oxygens (including phenoxy) is 1. The minimum Gasteiger partial charge on any atom is -0.465 e. The van der Waals surface area contributed by atoms with Crippen molar-refractivity contribution in [2.45, 2.75) is 39.3 Å². The van der Waals surface area contributed by atoms with Crippen LogP contribution >= 0.6 is 0 Å². The fraction of sp³-hybridized carbons (Fsp3) is 0.526. The number of likely N-dealkylation sites (tertiary alicyclic amines) is 1. The standard InChI is InChI=1S/C19H24N2O4/c1-5-21-16(22)13-14(17(21)23)19(4,18(24)25-6-2)20-15(13)12-9-7-11(3)8-10-12/h7-10,13-15,20H,5-6H2,1-4H3. The maximum atomic E-state index is 12.9. The van der Waals surface area contributed by atoms with Crippen LogP contribution in [0.15, 0.2) is 24.3 Å². The Balaban J connectivity index is 2.07. The Morgan fingerprint density at radius 1 is 1.20 bits per heavy atom. The van der Waals surface area contributed by atoms with Gasteiger partial charge >= 0.3 is 5.97 Å². The van der Waals surface area contributed by atoms with Crippen LogP contribution in [0.2, 0.25) is 0 Å². The van der Waals surface area contributed by atoms with Gasteiger partial charge in [0, 0.05) is 12.6 Å². The van der Waals surface area contributed by atoms with E-state index < -0.39 is 29.4 Å². The van der Waals surface area contributed by atoms with Crippen molar-refractivity contribution in [1.82, 2.24) is 10.2 Å². The first-order chi connectivity index (χ1) is 11.8. The van der Waals surface area contributed by atoms with Crippen LogP contribution in [0, 0.1) is 18.8 Å². The Kier molecular flexibility index (Phi) is 4.41. The number of aryl methyl sites for hydroxylation is 1. The summed E-state index contributed by atoms with van der Waals surface area (Å²) in [6.45, 7) is 7.69. The Hall–Kier alpha value is -2.21. The van der Waals surface area contributed by atoms with Crippen molar-refractivity contribution in [2.24, 2.45) is 11.8 Å². The lowest BCUT2D eigenvalue weighted by atomic mass is 9.80. The minimum atomic E-state index is -1.22. The molecule has 6 nitrogen and oxygen atoms in total. The van der Waals surface area contributed by atoms with Crippen LogP contribution in [-0.4, -0.2) is 41.4 Å². The van der Waals surface area contributed by atoms with Crippen molar-refractivity contribution in [3.05, 3.63) is 35.4 Å². The van der Waals surface area contributed by atoms with Gasteiger partial charge in [-0.15, -0.1) is 0 Å². The summed E-state index contributed by atoms with van der Waals surface area (Å²) in [6.07, 6.45) is 0. The third-order valence-corrected chi connectivity index (χ3v) is 5.33. The highest BCUT2D eigenvalue weighted by molar-refractivity contribution is 6.09. The molecule has 1 N–H and O–H groups in total. The lowest BCUT2D eigenvalue weighted by molar-refractivity contribution is -0.155. The summed E-state index contributed by atoms with van der Waals surface area (Å²) in [5, 5.41) is 3.25. The molecule has 2 amide bonds. The average molecular weight is 344 g/mol. The number of benzene rings is 1. The summed E-state index contributed by atoms with van der Waals surface area (Å²) in [4.78, 5) is 39.6. The third kappa shape index (κ3) is 2.56. The molecule has 2 aliphatic heterocycles. The number of amides is 2. The molecule has 0 spiro atoms. The van der Waals surface area contributed by atoms with Crippen LogP contribution in [0.1, 0.15) is 37.9 Å². The predicted molar refractivity (Wildman–Crippen MR) is 91.5 cm³/mol. The summed E-state index contributed by atoms with van der Waals surface area (Å²) in [5.74, 6) is -2.34. The van der Waals surface area contributed by atoms with E-state index in [0.29, 0.717) is 6.54 Å². The van der Waals surface area contributed by atoms with Crippen LogP contribution < -0.4 is 5.32 Å². The van der Waals surface area contributed by atoms with Gasteiger partial charge in [0.15, 0.2) is 0 Å². The van der Waals surface area contributed by atoms with Crippen molar-refractivity contribution in [3.63, 3.8) is 0 Å². The Morgan fingerprint density at radius 3 is 2.40 bits per heavy atom. The SMILES string of the molecule is CCOC(=O)C1(C)NC(c2ccc(C)cc2)C2C(=O)N(CC)C(=O)C21. The van der Waals surface area contributed by atoms with Gasteiger partial charge in [0.1, 0.15) is 5.54 Å². The zero-order chi connectivity index (χ0) is 18.4. The molecule has 6 heteroatoms. The number of nitrogens with one attached hydrogen (secondary N) is 1. The topological polar surface area (TPSA) is 75.7 Å². The molecule has 2 saturated heterocycles. The summed E-state index contributed by atoms with van der Waals surface area (Å²) in [6, 6.07) is 7.41. The largest absolute Gasteiger partial charge is 0.465 e. The molecule has 2 fully saturated rings. The van der Waals surface area contributed by atoms with Crippen molar-refractivity contribution in [2.75, 3.05) is 13.2 Å². The number of carbonyl (C=O) groups is 3. The van der Waals surface area contributed by atoms with Crippen molar-refractivity contribution >= 4 is 17.8 Å². The number of carbonyl (C=O) groups excluding carboxylic acids is 3. The van der Waals surface area contributed by atoms with E-state index in [2.05, 4.69) is 5.32 Å². The van der Waals surface area contributed by atoms with Crippen molar-refractivity contribution in [1.29, 1.82) is 0 Å². The van der Waals surface area contributed by atoms with Gasteiger partial charge in [-0.2, -0.15) is 0 Å². The molecule has 1 aromatic carbocycles. The second kappa shape index (κ2) is 6.26. The van der Waals surface area contributed by atoms with Crippen LogP contribution in [-0.2, 0) is 19.1 Å². The van der Waals surface area contributed by atoms with E-state index in [9.17, 15) is 14.4 Å². The first-order valence-corrected chi connectivity index (χ1v) is 8.71. The molecule has 4 atom stereocenters. The maximum Gasteiger partial charge on any atom is 0.326 e. The van der Waals surface area contributed by atoms with E-state index >= 15 is 0 Å². The van der Waals surface area contributed by atoms with Gasteiger partial charge in [-0.3, -0.25) is 24.6 Å². The fourth-order valence-corrected chi connectivity index (χ4v) is 4.04. The van der Waals surface area contributed by atoms with Gasteiger partial charge in [-0.25, -0.2) is 0 Å². The normalized spacial score (nSPS) is 31.4. The monoisotopic (exact) mass is 344 g/mol. The van der Waals surface area contributed by atoms with Gasteiger partial charge in [-0.1, -0.05) is 29.8 Å². The third-order valence-electron chi connectivity index (χ3n) is 5.33. The number of fused-ring (bicyclic) bond motifs is 1. The number of rotatable bonds is 4. The van der Waals surface area contributed by atoms with Gasteiger partial charge in [0.2, 0.25) is 11.8 Å². The zero-order valence-electron chi connectivity index (χ0n) is 15.0. The highest BCUT2D eigenvalue weighted by atomic mass is 16.5. The van der Waals surface area contributed by atoms with Gasteiger partial charge in [0.25, 0.3) is 0 Å². The Bertz CT molecular complexity index is 715. The first-order valence-electron chi connectivity index (χ1n) is 8.71. The number of nitrogens with zero attached hydrogens (tertiary/aromatic N) is 1. The molecule has 25 heavy (non-hydrogen) atoms. The van der Waals surface area contributed by atoms with E-state index in [1.54, 1.807) is 20.8 Å². The molecule has 0 aliphatic carbocycles. The maximum absolute atomic E-state index is 12.9. The zero-order valence-corrected chi connectivity index (χ0v) is 15.0. The molecule has 0 radical (unpaired) electrons. The summed E-state index contributed by atoms with van der Waals surface area (Å²) >= 11 is 0. The number of imide groups is 1. The lowest BCUT2D eigenvalue weighted by Gasteiger charge is -2.28. The van der Waals surface area contributed by atoms with Crippen LogP contribution in [0.4, 0.5) is 0 Å². The van der Waals surface area contributed by atoms with Gasteiger partial charge in [-0.05, 0) is 33.3 Å². The van der Waals surface area contributed by atoms with Crippen LogP contribution in [0.25, 0.3) is 0 Å². The molecule has 134 valence electrons. The summed E-state index contributed by atoms with van der Waals surface area (Å²) < 4.78 is 5.21. The fourth-order valence-electron chi connectivity index (χ4n) is 4.04. The summed E-state index contributed by atoms with van der Waals surface area (Å²) in [7, 11) is 0.